The van der Waals surface area contributed by atoms with E-state index in [1.54, 1.807) is 0 Å². The van der Waals surface area contributed by atoms with Crippen LogP contribution in [0.25, 0.3) is 0 Å². The number of carbonyl (C=O) groups is 1. The number of carbonyl (C=O) groups excluding carboxylic acids is 1. The summed E-state index contributed by atoms with van der Waals surface area (Å²) in [6.45, 7) is 8.37. The number of hydrogen-bond donors (Lipinski definition) is 0. The Balaban J connectivity index is 1.87. The molecule has 0 saturated carbocycles. The van der Waals surface area contributed by atoms with Gasteiger partial charge in [0.2, 0.25) is 5.91 Å². The number of aromatic nitrogens is 2. The highest BCUT2D eigenvalue weighted by molar-refractivity contribution is 5.81. The Hall–Kier alpha value is -1.32. The molecule has 0 unspecified atom stereocenters. The average molecular weight is 247 g/mol. The van der Waals surface area contributed by atoms with Gasteiger partial charge in [-0.25, -0.2) is 0 Å². The predicted molar refractivity (Wildman–Crippen MR) is 69.1 cm³/mol. The van der Waals surface area contributed by atoms with Gasteiger partial charge in [0.25, 0.3) is 0 Å². The molecular weight excluding hydrogens is 226 g/mol. The van der Waals surface area contributed by atoms with Crippen molar-refractivity contribution in [1.29, 1.82) is 0 Å². The molecule has 1 aromatic rings. The van der Waals surface area contributed by atoms with Crippen LogP contribution in [0.15, 0.2) is 0 Å². The molecule has 0 saturated heterocycles. The maximum atomic E-state index is 12.3. The van der Waals surface area contributed by atoms with E-state index in [0.29, 0.717) is 0 Å². The van der Waals surface area contributed by atoms with Crippen LogP contribution < -0.4 is 0 Å². The second-order valence-corrected chi connectivity index (χ2v) is 6.43. The molecule has 1 amide bonds. The lowest BCUT2D eigenvalue weighted by atomic mass is 9.94. The Bertz CT molecular complexity index is 496. The maximum absolute atomic E-state index is 12.3. The number of amides is 1. The number of aryl methyl sites for hydroxylation is 1. The number of nitrogens with zero attached hydrogens (tertiary/aromatic N) is 3. The molecule has 1 aliphatic carbocycles. The van der Waals surface area contributed by atoms with E-state index in [2.05, 4.69) is 9.78 Å². The van der Waals surface area contributed by atoms with E-state index >= 15 is 0 Å². The Morgan fingerprint density at radius 2 is 2.00 bits per heavy atom. The van der Waals surface area contributed by atoms with E-state index in [-0.39, 0.29) is 11.3 Å². The van der Waals surface area contributed by atoms with Crippen LogP contribution in [-0.4, -0.2) is 27.1 Å². The van der Waals surface area contributed by atoms with Gasteiger partial charge in [-0.15, -0.1) is 0 Å². The molecule has 0 bridgehead atoms. The standard InChI is InChI=1S/C14H21N3O/c1-14(2,3)13(18)16-7-8-17-12(9-16)10-5-4-6-11(10)15-17/h4-9H2,1-3H3. The van der Waals surface area contributed by atoms with E-state index in [9.17, 15) is 4.79 Å². The van der Waals surface area contributed by atoms with Gasteiger partial charge in [-0.05, 0) is 24.8 Å². The van der Waals surface area contributed by atoms with Gasteiger partial charge in [0.05, 0.1) is 24.5 Å². The molecule has 0 spiro atoms. The zero-order valence-electron chi connectivity index (χ0n) is 11.5. The molecule has 2 heterocycles. The molecule has 0 radical (unpaired) electrons. The van der Waals surface area contributed by atoms with Crippen molar-refractivity contribution in [2.45, 2.75) is 53.1 Å². The summed E-state index contributed by atoms with van der Waals surface area (Å²) in [6, 6.07) is 0. The van der Waals surface area contributed by atoms with Crippen LogP contribution in [0.3, 0.4) is 0 Å². The van der Waals surface area contributed by atoms with Gasteiger partial charge < -0.3 is 4.90 Å². The fraction of sp³-hybridized carbons (Fsp3) is 0.714. The van der Waals surface area contributed by atoms with Gasteiger partial charge >= 0.3 is 0 Å². The van der Waals surface area contributed by atoms with Crippen molar-refractivity contribution in [1.82, 2.24) is 14.7 Å². The Morgan fingerprint density at radius 1 is 1.22 bits per heavy atom. The number of hydrogen-bond acceptors (Lipinski definition) is 2. The molecule has 0 fully saturated rings. The van der Waals surface area contributed by atoms with Crippen molar-refractivity contribution in [2.24, 2.45) is 5.41 Å². The molecule has 4 nitrogen and oxygen atoms in total. The highest BCUT2D eigenvalue weighted by atomic mass is 16.2. The molecule has 1 aliphatic heterocycles. The minimum Gasteiger partial charge on any atom is -0.334 e. The first-order valence-electron chi connectivity index (χ1n) is 6.83. The van der Waals surface area contributed by atoms with E-state index in [4.69, 9.17) is 0 Å². The van der Waals surface area contributed by atoms with Crippen LogP contribution in [0.5, 0.6) is 0 Å². The lowest BCUT2D eigenvalue weighted by molar-refractivity contribution is -0.141. The van der Waals surface area contributed by atoms with Gasteiger partial charge in [0, 0.05) is 12.0 Å². The van der Waals surface area contributed by atoms with Crippen molar-refractivity contribution < 1.29 is 4.79 Å². The van der Waals surface area contributed by atoms with E-state index in [0.717, 1.165) is 32.5 Å². The van der Waals surface area contributed by atoms with Crippen LogP contribution in [-0.2, 0) is 30.7 Å². The summed E-state index contributed by atoms with van der Waals surface area (Å²) in [6.07, 6.45) is 3.48. The maximum Gasteiger partial charge on any atom is 0.228 e. The molecule has 1 aromatic heterocycles. The smallest absolute Gasteiger partial charge is 0.228 e. The minimum absolute atomic E-state index is 0.252. The van der Waals surface area contributed by atoms with Gasteiger partial charge in [-0.3, -0.25) is 9.48 Å². The molecule has 0 aromatic carbocycles. The summed E-state index contributed by atoms with van der Waals surface area (Å²) in [5.41, 5.74) is 3.69. The highest BCUT2D eigenvalue weighted by Gasteiger charge is 2.32. The molecule has 2 aliphatic rings. The zero-order chi connectivity index (χ0) is 12.9. The van der Waals surface area contributed by atoms with Crippen molar-refractivity contribution in [3.05, 3.63) is 17.0 Å². The first-order valence-corrected chi connectivity index (χ1v) is 6.83. The molecule has 4 heteroatoms. The van der Waals surface area contributed by atoms with E-state index < -0.39 is 0 Å². The van der Waals surface area contributed by atoms with Gasteiger partial charge in [-0.2, -0.15) is 5.10 Å². The summed E-state index contributed by atoms with van der Waals surface area (Å²) >= 11 is 0. The SMILES string of the molecule is CC(C)(C)C(=O)N1CCn2nc3c(c2C1)CCC3. The van der Waals surface area contributed by atoms with Crippen molar-refractivity contribution in [3.8, 4) is 0 Å². The Morgan fingerprint density at radius 3 is 2.72 bits per heavy atom. The largest absolute Gasteiger partial charge is 0.334 e. The Labute approximate surface area is 108 Å². The van der Waals surface area contributed by atoms with Gasteiger partial charge in [0.15, 0.2) is 0 Å². The fourth-order valence-electron chi connectivity index (χ4n) is 3.00. The third-order valence-corrected chi connectivity index (χ3v) is 3.94. The first kappa shape index (κ1) is 11.8. The summed E-state index contributed by atoms with van der Waals surface area (Å²) in [5.74, 6) is 0.252. The Kier molecular flexibility index (Phi) is 2.50. The molecule has 18 heavy (non-hydrogen) atoms. The van der Waals surface area contributed by atoms with E-state index in [1.807, 2.05) is 25.7 Å². The third-order valence-electron chi connectivity index (χ3n) is 3.94. The quantitative estimate of drug-likeness (QED) is 0.700. The van der Waals surface area contributed by atoms with Crippen LogP contribution in [0.2, 0.25) is 0 Å². The molecule has 0 atom stereocenters. The van der Waals surface area contributed by atoms with Crippen molar-refractivity contribution in [3.63, 3.8) is 0 Å². The summed E-state index contributed by atoms with van der Waals surface area (Å²) in [5, 5.41) is 4.67. The summed E-state index contributed by atoms with van der Waals surface area (Å²) < 4.78 is 2.12. The lowest BCUT2D eigenvalue weighted by Crippen LogP contribution is -2.44. The predicted octanol–water partition coefficient (Wildman–Crippen LogP) is 1.76. The molecule has 98 valence electrons. The summed E-state index contributed by atoms with van der Waals surface area (Å²) in [7, 11) is 0. The van der Waals surface area contributed by atoms with E-state index in [1.165, 1.54) is 23.4 Å². The first-order chi connectivity index (χ1) is 8.47. The normalized spacial score (nSPS) is 18.7. The third kappa shape index (κ3) is 1.74. The van der Waals surface area contributed by atoms with Gasteiger partial charge in [-0.1, -0.05) is 20.8 Å². The average Bonchev–Trinajstić information content (AvgIpc) is 2.86. The van der Waals surface area contributed by atoms with Crippen molar-refractivity contribution >= 4 is 5.91 Å². The molecular formula is C14H21N3O. The fourth-order valence-corrected chi connectivity index (χ4v) is 3.00. The second-order valence-electron chi connectivity index (χ2n) is 6.43. The van der Waals surface area contributed by atoms with Crippen LogP contribution in [0.4, 0.5) is 0 Å². The summed E-state index contributed by atoms with van der Waals surface area (Å²) in [4.78, 5) is 14.3. The highest BCUT2D eigenvalue weighted by Crippen LogP contribution is 2.29. The van der Waals surface area contributed by atoms with Crippen LogP contribution in [0, 0.1) is 5.41 Å². The monoisotopic (exact) mass is 247 g/mol. The minimum atomic E-state index is -0.286. The van der Waals surface area contributed by atoms with Crippen molar-refractivity contribution in [2.75, 3.05) is 6.54 Å². The number of rotatable bonds is 0. The van der Waals surface area contributed by atoms with Crippen LogP contribution >= 0.6 is 0 Å². The number of fused-ring (bicyclic) bond motifs is 3. The van der Waals surface area contributed by atoms with Crippen LogP contribution in [0.1, 0.15) is 44.1 Å². The zero-order valence-corrected chi connectivity index (χ0v) is 11.5. The molecule has 3 rings (SSSR count). The molecule has 0 N–H and O–H groups in total. The second kappa shape index (κ2) is 3.84. The topological polar surface area (TPSA) is 38.1 Å². The lowest BCUT2D eigenvalue weighted by Gasteiger charge is -2.33. The van der Waals surface area contributed by atoms with Gasteiger partial charge in [0.1, 0.15) is 0 Å².